The fourth-order valence-corrected chi connectivity index (χ4v) is 2.59. The number of benzene rings is 1. The number of carbonyl (C=O) groups is 1. The maximum atomic E-state index is 12.6. The highest BCUT2D eigenvalue weighted by Gasteiger charge is 2.19. The molecule has 128 valence electrons. The summed E-state index contributed by atoms with van der Waals surface area (Å²) in [7, 11) is 1.57. The van der Waals surface area contributed by atoms with Gasteiger partial charge in [0.1, 0.15) is 0 Å². The van der Waals surface area contributed by atoms with Gasteiger partial charge in [-0.25, -0.2) is 4.99 Å². The van der Waals surface area contributed by atoms with Crippen molar-refractivity contribution in [2.75, 3.05) is 19.9 Å². The standard InChI is InChI=1S/C18H28N2O2S/c1-6-13-20(18(22-4)19-14(2)3)17(21)12-9-15-7-10-16(23-5)11-8-15/h7-8,10-11,14H,6,9,12-13H2,1-5H3. The van der Waals surface area contributed by atoms with E-state index < -0.39 is 0 Å². The van der Waals surface area contributed by atoms with Gasteiger partial charge in [-0.2, -0.15) is 0 Å². The summed E-state index contributed by atoms with van der Waals surface area (Å²) in [6.07, 6.45) is 4.11. The van der Waals surface area contributed by atoms with E-state index in [-0.39, 0.29) is 11.9 Å². The monoisotopic (exact) mass is 336 g/mol. The van der Waals surface area contributed by atoms with Crippen LogP contribution in [-0.4, -0.2) is 42.8 Å². The largest absolute Gasteiger partial charge is 0.468 e. The van der Waals surface area contributed by atoms with E-state index in [1.165, 1.54) is 10.5 Å². The Kier molecular flexibility index (Phi) is 8.77. The molecule has 0 aliphatic carbocycles. The molecule has 4 nitrogen and oxygen atoms in total. The topological polar surface area (TPSA) is 41.9 Å². The number of hydrogen-bond donors (Lipinski definition) is 0. The molecule has 5 heteroatoms. The number of hydrogen-bond acceptors (Lipinski definition) is 4. The molecule has 0 N–H and O–H groups in total. The van der Waals surface area contributed by atoms with Crippen molar-refractivity contribution in [2.24, 2.45) is 4.99 Å². The fourth-order valence-electron chi connectivity index (χ4n) is 2.18. The van der Waals surface area contributed by atoms with Crippen molar-refractivity contribution < 1.29 is 9.53 Å². The molecule has 1 aromatic carbocycles. The Hall–Kier alpha value is -1.49. The lowest BCUT2D eigenvalue weighted by Crippen LogP contribution is -2.39. The number of methoxy groups -OCH3 is 1. The number of aryl methyl sites for hydroxylation is 1. The van der Waals surface area contributed by atoms with E-state index in [1.807, 2.05) is 20.8 Å². The van der Waals surface area contributed by atoms with Crippen LogP contribution in [0.2, 0.25) is 0 Å². The molecule has 0 bridgehead atoms. The average molecular weight is 337 g/mol. The van der Waals surface area contributed by atoms with Gasteiger partial charge in [-0.05, 0) is 50.6 Å². The zero-order valence-corrected chi connectivity index (χ0v) is 15.7. The summed E-state index contributed by atoms with van der Waals surface area (Å²) in [6.45, 7) is 6.62. The number of rotatable bonds is 7. The van der Waals surface area contributed by atoms with Crippen LogP contribution in [0.4, 0.5) is 0 Å². The molecule has 1 rings (SSSR count). The molecule has 0 atom stereocenters. The first-order chi connectivity index (χ1) is 11.0. The van der Waals surface area contributed by atoms with Crippen molar-refractivity contribution in [3.8, 4) is 0 Å². The number of ether oxygens (including phenoxy) is 1. The van der Waals surface area contributed by atoms with Crippen molar-refractivity contribution in [1.82, 2.24) is 4.90 Å². The lowest BCUT2D eigenvalue weighted by Gasteiger charge is -2.23. The highest BCUT2D eigenvalue weighted by Crippen LogP contribution is 2.16. The van der Waals surface area contributed by atoms with Crippen LogP contribution < -0.4 is 0 Å². The zero-order valence-electron chi connectivity index (χ0n) is 14.8. The summed E-state index contributed by atoms with van der Waals surface area (Å²) in [6, 6.07) is 8.87. The van der Waals surface area contributed by atoms with Gasteiger partial charge in [-0.3, -0.25) is 9.69 Å². The summed E-state index contributed by atoms with van der Waals surface area (Å²) >= 11 is 1.72. The number of nitrogens with zero attached hydrogens (tertiary/aromatic N) is 2. The van der Waals surface area contributed by atoms with Crippen molar-refractivity contribution >= 4 is 23.7 Å². The minimum absolute atomic E-state index is 0.0574. The molecule has 1 amide bonds. The molecular formula is C18H28N2O2S. The van der Waals surface area contributed by atoms with Gasteiger partial charge in [0.05, 0.1) is 7.11 Å². The molecule has 0 aliphatic heterocycles. The lowest BCUT2D eigenvalue weighted by atomic mass is 10.1. The van der Waals surface area contributed by atoms with Crippen LogP contribution >= 0.6 is 11.8 Å². The summed E-state index contributed by atoms with van der Waals surface area (Å²) in [5, 5.41) is 0. The average Bonchev–Trinajstić information content (AvgIpc) is 2.56. The van der Waals surface area contributed by atoms with Crippen molar-refractivity contribution in [3.63, 3.8) is 0 Å². The number of carbonyl (C=O) groups excluding carboxylic acids is 1. The molecule has 0 saturated carbocycles. The quantitative estimate of drug-likeness (QED) is 0.429. The third-order valence-electron chi connectivity index (χ3n) is 3.32. The van der Waals surface area contributed by atoms with Crippen molar-refractivity contribution in [2.45, 2.75) is 51.0 Å². The molecule has 1 aromatic rings. The predicted molar refractivity (Wildman–Crippen MR) is 98.1 cm³/mol. The van der Waals surface area contributed by atoms with Crippen LogP contribution in [0.15, 0.2) is 34.2 Å². The highest BCUT2D eigenvalue weighted by atomic mass is 32.2. The zero-order chi connectivity index (χ0) is 17.2. The molecule has 23 heavy (non-hydrogen) atoms. The van der Waals surface area contributed by atoms with E-state index >= 15 is 0 Å². The van der Waals surface area contributed by atoms with E-state index in [0.29, 0.717) is 19.0 Å². The van der Waals surface area contributed by atoms with Gasteiger partial charge in [0.2, 0.25) is 5.91 Å². The second-order valence-corrected chi connectivity index (χ2v) is 6.48. The van der Waals surface area contributed by atoms with E-state index in [9.17, 15) is 4.79 Å². The third-order valence-corrected chi connectivity index (χ3v) is 4.06. The predicted octanol–water partition coefficient (Wildman–Crippen LogP) is 3.99. The smallest absolute Gasteiger partial charge is 0.294 e. The van der Waals surface area contributed by atoms with Crippen molar-refractivity contribution in [3.05, 3.63) is 29.8 Å². The lowest BCUT2D eigenvalue weighted by molar-refractivity contribution is -0.128. The van der Waals surface area contributed by atoms with Gasteiger partial charge in [0.25, 0.3) is 6.02 Å². The summed E-state index contributed by atoms with van der Waals surface area (Å²) in [4.78, 5) is 19.9. The summed E-state index contributed by atoms with van der Waals surface area (Å²) in [5.41, 5.74) is 1.17. The highest BCUT2D eigenvalue weighted by molar-refractivity contribution is 7.98. The Morgan fingerprint density at radius 3 is 2.43 bits per heavy atom. The molecule has 0 aromatic heterocycles. The van der Waals surface area contributed by atoms with Crippen LogP contribution in [0, 0.1) is 0 Å². The van der Waals surface area contributed by atoms with Gasteiger partial charge in [-0.1, -0.05) is 19.1 Å². The van der Waals surface area contributed by atoms with Gasteiger partial charge in [0.15, 0.2) is 0 Å². The number of amides is 1. The first-order valence-electron chi connectivity index (χ1n) is 8.06. The van der Waals surface area contributed by atoms with Gasteiger partial charge < -0.3 is 4.74 Å². The molecule has 0 fully saturated rings. The van der Waals surface area contributed by atoms with E-state index in [2.05, 4.69) is 35.5 Å². The van der Waals surface area contributed by atoms with E-state index in [0.717, 1.165) is 12.8 Å². The van der Waals surface area contributed by atoms with Gasteiger partial charge in [0, 0.05) is 23.9 Å². The van der Waals surface area contributed by atoms with E-state index in [4.69, 9.17) is 4.74 Å². The molecule has 0 spiro atoms. The third kappa shape index (κ3) is 6.65. The molecule has 0 aliphatic rings. The summed E-state index contributed by atoms with van der Waals surface area (Å²) in [5.74, 6) is 0.0574. The van der Waals surface area contributed by atoms with Gasteiger partial charge in [-0.15, -0.1) is 11.8 Å². The van der Waals surface area contributed by atoms with Crippen LogP contribution in [0.5, 0.6) is 0 Å². The molecule has 0 unspecified atom stereocenters. The van der Waals surface area contributed by atoms with Crippen LogP contribution in [0.25, 0.3) is 0 Å². The first-order valence-corrected chi connectivity index (χ1v) is 9.29. The first kappa shape index (κ1) is 19.6. The molecule has 0 heterocycles. The second-order valence-electron chi connectivity index (χ2n) is 5.60. The molecule has 0 saturated heterocycles. The number of aliphatic imine (C=N–C) groups is 1. The second kappa shape index (κ2) is 10.3. The van der Waals surface area contributed by atoms with Crippen molar-refractivity contribution in [1.29, 1.82) is 0 Å². The van der Waals surface area contributed by atoms with Crippen LogP contribution in [0.1, 0.15) is 39.2 Å². The Bertz CT molecular complexity index is 512. The maximum absolute atomic E-state index is 12.6. The van der Waals surface area contributed by atoms with Gasteiger partial charge >= 0.3 is 0 Å². The van der Waals surface area contributed by atoms with E-state index in [1.54, 1.807) is 23.8 Å². The Labute approximate surface area is 144 Å². The fraction of sp³-hybridized carbons (Fsp3) is 0.556. The summed E-state index contributed by atoms with van der Waals surface area (Å²) < 4.78 is 5.33. The van der Waals surface area contributed by atoms with Crippen LogP contribution in [-0.2, 0) is 16.0 Å². The Balaban J connectivity index is 2.73. The normalized spacial score (nSPS) is 11.7. The Morgan fingerprint density at radius 1 is 1.30 bits per heavy atom. The van der Waals surface area contributed by atoms with Crippen LogP contribution in [0.3, 0.4) is 0 Å². The Morgan fingerprint density at radius 2 is 1.96 bits per heavy atom. The number of amidine groups is 1. The molecule has 0 radical (unpaired) electrons. The minimum atomic E-state index is 0.0574. The molecular weight excluding hydrogens is 308 g/mol. The number of thioether (sulfide) groups is 1. The SMILES string of the molecule is CCCN(C(=O)CCc1ccc(SC)cc1)C(=NC(C)C)OC. The minimum Gasteiger partial charge on any atom is -0.468 e. The maximum Gasteiger partial charge on any atom is 0.294 e.